The molecule has 9 heteroatoms. The highest BCUT2D eigenvalue weighted by Gasteiger charge is 2.25. The molecule has 0 aliphatic heterocycles. The van der Waals surface area contributed by atoms with Gasteiger partial charge in [-0.2, -0.15) is 5.26 Å². The fraction of sp³-hybridized carbons (Fsp3) is 0.211. The van der Waals surface area contributed by atoms with Crippen LogP contribution in [0.3, 0.4) is 0 Å². The maximum atomic E-state index is 13.9. The number of carbonyl (C=O) groups excluding carboxylic acids is 2. The molecular weight excluding hydrogens is 375 g/mol. The summed E-state index contributed by atoms with van der Waals surface area (Å²) >= 11 is 0. The Labute approximate surface area is 158 Å². The zero-order chi connectivity index (χ0) is 20.5. The van der Waals surface area contributed by atoms with Gasteiger partial charge in [0.1, 0.15) is 36.6 Å². The van der Waals surface area contributed by atoms with Crippen molar-refractivity contribution >= 4 is 12.0 Å². The van der Waals surface area contributed by atoms with Gasteiger partial charge in [-0.3, -0.25) is 4.79 Å². The van der Waals surface area contributed by atoms with Crippen LogP contribution in [0.25, 0.3) is 0 Å². The van der Waals surface area contributed by atoms with Gasteiger partial charge in [-0.15, -0.1) is 0 Å². The Morgan fingerprint density at radius 3 is 2.36 bits per heavy atom. The van der Waals surface area contributed by atoms with E-state index in [9.17, 15) is 22.8 Å². The third-order valence-electron chi connectivity index (χ3n) is 3.68. The molecule has 0 spiro atoms. The molecule has 2 N–H and O–H groups in total. The summed E-state index contributed by atoms with van der Waals surface area (Å²) in [6.07, 6.45) is -1.60. The van der Waals surface area contributed by atoms with Crippen LogP contribution in [0, 0.1) is 28.8 Å². The molecule has 0 aliphatic carbocycles. The minimum atomic E-state index is -1.44. The molecule has 0 aromatic heterocycles. The van der Waals surface area contributed by atoms with Crippen LogP contribution in [0.15, 0.2) is 42.5 Å². The number of ether oxygens (including phenoxy) is 1. The Morgan fingerprint density at radius 2 is 1.75 bits per heavy atom. The first-order chi connectivity index (χ1) is 13.4. The minimum Gasteiger partial charge on any atom is -0.445 e. The number of halogens is 3. The maximum absolute atomic E-state index is 13.9. The summed E-state index contributed by atoms with van der Waals surface area (Å²) in [6.45, 7) is -0.455. The first kappa shape index (κ1) is 20.8. The number of nitrogens with zero attached hydrogens (tertiary/aromatic N) is 1. The molecule has 6 nitrogen and oxygen atoms in total. The lowest BCUT2D eigenvalue weighted by molar-refractivity contribution is -0.122. The Balaban J connectivity index is 2.10. The molecule has 0 unspecified atom stereocenters. The fourth-order valence-corrected chi connectivity index (χ4v) is 2.34. The third kappa shape index (κ3) is 6.02. The molecule has 28 heavy (non-hydrogen) atoms. The molecule has 2 aromatic rings. The van der Waals surface area contributed by atoms with Crippen molar-refractivity contribution in [1.29, 1.82) is 5.26 Å². The Morgan fingerprint density at radius 1 is 1.11 bits per heavy atom. The molecule has 0 aliphatic rings. The van der Waals surface area contributed by atoms with E-state index >= 15 is 0 Å². The number of amides is 2. The minimum absolute atomic E-state index is 0.0848. The van der Waals surface area contributed by atoms with E-state index in [4.69, 9.17) is 10.00 Å². The first-order valence-electron chi connectivity index (χ1n) is 8.16. The first-order valence-corrected chi connectivity index (χ1v) is 8.16. The highest BCUT2D eigenvalue weighted by Crippen LogP contribution is 2.17. The number of nitriles is 1. The van der Waals surface area contributed by atoms with E-state index in [0.717, 1.165) is 0 Å². The predicted molar refractivity (Wildman–Crippen MR) is 92.2 cm³/mol. The number of carbonyl (C=O) groups is 2. The quantitative estimate of drug-likeness (QED) is 0.710. The summed E-state index contributed by atoms with van der Waals surface area (Å²) in [5, 5.41) is 13.0. The van der Waals surface area contributed by atoms with Crippen molar-refractivity contribution < 1.29 is 27.5 Å². The van der Waals surface area contributed by atoms with E-state index in [2.05, 4.69) is 10.6 Å². The average molecular weight is 391 g/mol. The third-order valence-corrected chi connectivity index (χ3v) is 3.68. The van der Waals surface area contributed by atoms with E-state index in [-0.39, 0.29) is 13.2 Å². The van der Waals surface area contributed by atoms with Crippen LogP contribution in [0.1, 0.15) is 11.1 Å². The highest BCUT2D eigenvalue weighted by atomic mass is 19.1. The van der Waals surface area contributed by atoms with Crippen molar-refractivity contribution in [2.75, 3.05) is 6.54 Å². The lowest BCUT2D eigenvalue weighted by Gasteiger charge is -2.18. The number of nitrogens with one attached hydrogen (secondary N) is 2. The second kappa shape index (κ2) is 9.97. The van der Waals surface area contributed by atoms with Gasteiger partial charge >= 0.3 is 6.09 Å². The summed E-state index contributed by atoms with van der Waals surface area (Å²) in [5.41, 5.74) is 0.112. The Kier molecular flexibility index (Phi) is 7.39. The van der Waals surface area contributed by atoms with E-state index in [1.165, 1.54) is 0 Å². The van der Waals surface area contributed by atoms with Crippen LogP contribution in [-0.4, -0.2) is 24.6 Å². The standard InChI is InChI=1S/C19H16F3N3O3/c20-13-8-15(21)14(16(22)9-13)10-17(18(26)24-7-6-23)25-19(27)28-11-12-4-2-1-3-5-12/h1-5,8-9,17H,7,10-11H2,(H,24,26)(H,25,27)/t17-/m0/s1. The molecule has 0 heterocycles. The van der Waals surface area contributed by atoms with Crippen molar-refractivity contribution in [2.24, 2.45) is 0 Å². The molecule has 2 amide bonds. The van der Waals surface area contributed by atoms with Crippen molar-refractivity contribution in [1.82, 2.24) is 10.6 Å². The number of benzene rings is 2. The summed E-state index contributed by atoms with van der Waals surface area (Å²) in [7, 11) is 0. The zero-order valence-electron chi connectivity index (χ0n) is 14.5. The normalized spacial score (nSPS) is 11.2. The Hall–Kier alpha value is -3.54. The predicted octanol–water partition coefficient (Wildman–Crippen LogP) is 2.58. The van der Waals surface area contributed by atoms with Crippen LogP contribution in [0.5, 0.6) is 0 Å². The van der Waals surface area contributed by atoms with Crippen molar-refractivity contribution in [3.05, 3.63) is 71.0 Å². The van der Waals surface area contributed by atoms with Gasteiger partial charge in [0.25, 0.3) is 0 Å². The summed E-state index contributed by atoms with van der Waals surface area (Å²) in [5.74, 6) is -4.36. The van der Waals surface area contributed by atoms with Crippen molar-refractivity contribution in [2.45, 2.75) is 19.1 Å². The summed E-state index contributed by atoms with van der Waals surface area (Å²) < 4.78 is 45.8. The van der Waals surface area contributed by atoms with Gasteiger partial charge in [0.2, 0.25) is 5.91 Å². The fourth-order valence-electron chi connectivity index (χ4n) is 2.34. The van der Waals surface area contributed by atoms with Crippen molar-refractivity contribution in [3.63, 3.8) is 0 Å². The van der Waals surface area contributed by atoms with Crippen LogP contribution < -0.4 is 10.6 Å². The van der Waals surface area contributed by atoms with Gasteiger partial charge in [-0.1, -0.05) is 30.3 Å². The van der Waals surface area contributed by atoms with Crippen molar-refractivity contribution in [3.8, 4) is 6.07 Å². The second-order valence-corrected chi connectivity index (χ2v) is 5.69. The summed E-state index contributed by atoms with van der Waals surface area (Å²) in [4.78, 5) is 24.1. The molecule has 0 saturated heterocycles. The highest BCUT2D eigenvalue weighted by molar-refractivity contribution is 5.86. The SMILES string of the molecule is N#CCNC(=O)[C@H](Cc1c(F)cc(F)cc1F)NC(=O)OCc1ccccc1. The maximum Gasteiger partial charge on any atom is 0.408 e. The lowest BCUT2D eigenvalue weighted by Crippen LogP contribution is -2.48. The smallest absolute Gasteiger partial charge is 0.408 e. The largest absolute Gasteiger partial charge is 0.445 e. The van der Waals surface area contributed by atoms with Crippen LogP contribution in [0.4, 0.5) is 18.0 Å². The van der Waals surface area contributed by atoms with Gasteiger partial charge in [0, 0.05) is 24.1 Å². The van der Waals surface area contributed by atoms with E-state index < -0.39 is 47.5 Å². The molecule has 2 rings (SSSR count). The number of hydrogen-bond donors (Lipinski definition) is 2. The monoisotopic (exact) mass is 391 g/mol. The molecule has 0 bridgehead atoms. The van der Waals surface area contributed by atoms with E-state index in [0.29, 0.717) is 17.7 Å². The van der Waals surface area contributed by atoms with Gasteiger partial charge < -0.3 is 15.4 Å². The molecule has 0 radical (unpaired) electrons. The molecule has 146 valence electrons. The van der Waals surface area contributed by atoms with Gasteiger partial charge in [0.05, 0.1) is 6.07 Å². The zero-order valence-corrected chi connectivity index (χ0v) is 14.5. The number of hydrogen-bond acceptors (Lipinski definition) is 4. The van der Waals surface area contributed by atoms with E-state index in [1.807, 2.05) is 0 Å². The molecule has 1 atom stereocenters. The summed E-state index contributed by atoms with van der Waals surface area (Å²) in [6, 6.07) is 9.88. The molecule has 0 saturated carbocycles. The molecular formula is C19H16F3N3O3. The average Bonchev–Trinajstić information content (AvgIpc) is 2.67. The van der Waals surface area contributed by atoms with Crippen LogP contribution in [-0.2, 0) is 22.6 Å². The topological polar surface area (TPSA) is 91.2 Å². The number of alkyl carbamates (subject to hydrolysis) is 1. The van der Waals surface area contributed by atoms with Gasteiger partial charge in [-0.25, -0.2) is 18.0 Å². The van der Waals surface area contributed by atoms with Gasteiger partial charge in [0.15, 0.2) is 0 Å². The Bertz CT molecular complexity index is 862. The van der Waals surface area contributed by atoms with E-state index in [1.54, 1.807) is 36.4 Å². The molecule has 2 aromatic carbocycles. The number of rotatable bonds is 7. The molecule has 0 fully saturated rings. The van der Waals surface area contributed by atoms with Gasteiger partial charge in [-0.05, 0) is 5.56 Å². The second-order valence-electron chi connectivity index (χ2n) is 5.69. The lowest BCUT2D eigenvalue weighted by atomic mass is 10.0. The van der Waals surface area contributed by atoms with Crippen LogP contribution in [0.2, 0.25) is 0 Å². The van der Waals surface area contributed by atoms with Crippen LogP contribution >= 0.6 is 0 Å².